The Morgan fingerprint density at radius 3 is 1.18 bits per heavy atom. The zero-order valence-electron chi connectivity index (χ0n) is 6.91. The van der Waals surface area contributed by atoms with E-state index >= 15 is 0 Å². The molecule has 0 saturated carbocycles. The summed E-state index contributed by atoms with van der Waals surface area (Å²) in [6, 6.07) is 0. The van der Waals surface area contributed by atoms with Crippen molar-refractivity contribution in [2.75, 3.05) is 13.1 Å². The maximum atomic E-state index is 8.29. The summed E-state index contributed by atoms with van der Waals surface area (Å²) in [7, 11) is 0. The number of hydrogen-bond acceptors (Lipinski definition) is 6. The van der Waals surface area contributed by atoms with Gasteiger partial charge < -0.3 is 37.7 Å². The first-order valence-electron chi connectivity index (χ1n) is 1.94. The van der Waals surface area contributed by atoms with Crippen LogP contribution in [-0.4, -0.2) is 29.0 Å². The normalized spacial score (nSPS) is 4.73. The Morgan fingerprint density at radius 1 is 1.09 bits per heavy atom. The van der Waals surface area contributed by atoms with E-state index < -0.39 is 12.3 Å². The minimum absolute atomic E-state index is 0. The average molecular weight is 200 g/mol. The Morgan fingerprint density at radius 2 is 1.18 bits per heavy atom. The van der Waals surface area contributed by atoms with E-state index in [-0.39, 0.29) is 59.1 Å². The average Bonchev–Trinajstić information content (AvgIpc) is 1.94. The van der Waals surface area contributed by atoms with Crippen LogP contribution in [0.2, 0.25) is 0 Å². The van der Waals surface area contributed by atoms with Gasteiger partial charge >= 0.3 is 59.1 Å². The van der Waals surface area contributed by atoms with E-state index in [1.54, 1.807) is 0 Å². The first kappa shape index (κ1) is 29.3. The van der Waals surface area contributed by atoms with Gasteiger partial charge in [-0.1, -0.05) is 0 Å². The molecule has 0 rings (SSSR count). The third-order valence-electron chi connectivity index (χ3n) is 0.167. The summed E-state index contributed by atoms with van der Waals surface area (Å²) in [5.74, 6) is 0. The largest absolute Gasteiger partial charge is 1.00 e. The van der Waals surface area contributed by atoms with E-state index in [4.69, 9.17) is 25.4 Å². The number of carbonyl (C=O) groups excluding carboxylic acids is 1. The Hall–Kier alpha value is 1.86. The smallest absolute Gasteiger partial charge is 0.811 e. The van der Waals surface area contributed by atoms with Gasteiger partial charge in [-0.3, -0.25) is 0 Å². The molecule has 0 amide bonds. The van der Waals surface area contributed by atoms with Crippen molar-refractivity contribution in [2.45, 2.75) is 0 Å². The zero-order chi connectivity index (χ0) is 8.12. The van der Waals surface area contributed by atoms with Crippen molar-refractivity contribution < 1.29 is 73.0 Å². The molecule has 0 aliphatic carbocycles. The van der Waals surface area contributed by atoms with Crippen molar-refractivity contribution >= 4 is 19.1 Å². The second-order valence-electron chi connectivity index (χ2n) is 0.645. The molecular weight excluding hydrogens is 190 g/mol. The van der Waals surface area contributed by atoms with Gasteiger partial charge in [-0.2, -0.15) is 0 Å². The summed E-state index contributed by atoms with van der Waals surface area (Å²) >= 11 is -0.750. The molecule has 0 aromatic heterocycles. The molecule has 0 spiro atoms. The van der Waals surface area contributed by atoms with Crippen LogP contribution in [0.1, 0.15) is 0 Å². The molecule has 0 saturated heterocycles. The van der Waals surface area contributed by atoms with Crippen molar-refractivity contribution in [1.29, 1.82) is 0 Å². The molecule has 0 aromatic rings. The molecule has 8 heteroatoms. The third kappa shape index (κ3) is 141. The molecule has 0 unspecified atom stereocenters. The van der Waals surface area contributed by atoms with E-state index in [1.165, 1.54) is 0 Å². The molecule has 0 atom stereocenters. The van der Waals surface area contributed by atoms with Gasteiger partial charge in [0.05, 0.1) is 0 Å². The second kappa shape index (κ2) is 59.2. The van der Waals surface area contributed by atoms with Crippen LogP contribution in [-0.2, 0) is 4.79 Å². The van der Waals surface area contributed by atoms with Gasteiger partial charge in [0.25, 0.3) is 0 Å². The van der Waals surface area contributed by atoms with Crippen LogP contribution in [0.3, 0.4) is 0 Å². The van der Waals surface area contributed by atoms with Crippen LogP contribution in [0.4, 0.5) is 0 Å². The van der Waals surface area contributed by atoms with E-state index in [0.717, 1.165) is 0 Å². The molecule has 0 radical (unpaired) electrons. The maximum Gasteiger partial charge on any atom is 1.00 e. The quantitative estimate of drug-likeness (QED) is 0.321. The van der Waals surface area contributed by atoms with Crippen molar-refractivity contribution in [2.24, 2.45) is 11.5 Å². The van der Waals surface area contributed by atoms with Crippen LogP contribution >= 0.6 is 12.3 Å². The molecule has 5 nitrogen and oxygen atoms in total. The molecule has 0 aliphatic rings. The molecule has 4 N–H and O–H groups in total. The molecule has 11 heavy (non-hydrogen) atoms. The predicted octanol–water partition coefficient (Wildman–Crippen LogP) is -7.29. The summed E-state index contributed by atoms with van der Waals surface area (Å²) in [5, 5.41) is 0. The van der Waals surface area contributed by atoms with Crippen molar-refractivity contribution in [3.05, 3.63) is 0 Å². The van der Waals surface area contributed by atoms with E-state index in [0.29, 0.717) is 13.1 Å². The van der Waals surface area contributed by atoms with Gasteiger partial charge in [0.15, 0.2) is 0 Å². The van der Waals surface area contributed by atoms with Crippen LogP contribution < -0.4 is 70.6 Å². The molecule has 0 bridgehead atoms. The molecule has 0 aliphatic heterocycles. The van der Waals surface area contributed by atoms with Gasteiger partial charge in [-0.15, -0.1) is 0 Å². The van der Waals surface area contributed by atoms with E-state index in [9.17, 15) is 0 Å². The summed E-state index contributed by atoms with van der Waals surface area (Å²) in [4.78, 5) is 8.00. The number of nitrogens with two attached hydrogens (primary N) is 2. The van der Waals surface area contributed by atoms with E-state index in [2.05, 4.69) is 0 Å². The first-order valence-corrected chi connectivity index (χ1v) is 2.61. The minimum atomic E-state index is -0.750. The standard InChI is InChI=1S/C2H8N2.CH2O.2Na.H2O2S/c3-1-2-4;1-2;;;1-3-2/h1-4H2;1H2;;;1-2H/q;;2*+1;/p-2. The van der Waals surface area contributed by atoms with Crippen molar-refractivity contribution in [3.63, 3.8) is 0 Å². The molecule has 58 valence electrons. The summed E-state index contributed by atoms with van der Waals surface area (Å²) in [6.45, 7) is 3.19. The van der Waals surface area contributed by atoms with Crippen LogP contribution in [0.15, 0.2) is 0 Å². The van der Waals surface area contributed by atoms with Crippen molar-refractivity contribution in [3.8, 4) is 0 Å². The minimum Gasteiger partial charge on any atom is -0.811 e. The fourth-order valence-corrected chi connectivity index (χ4v) is 0. The molecule has 0 fully saturated rings. The number of rotatable bonds is 1. The first-order chi connectivity index (χ1) is 4.33. The molecular formula is C3H10N2Na2O3S. The number of hydrogen-bond donors (Lipinski definition) is 2. The van der Waals surface area contributed by atoms with Gasteiger partial charge in [-0.25, -0.2) is 0 Å². The second-order valence-corrected chi connectivity index (χ2v) is 0.781. The summed E-state index contributed by atoms with van der Waals surface area (Å²) < 4.78 is 16.6. The van der Waals surface area contributed by atoms with Crippen LogP contribution in [0, 0.1) is 0 Å². The monoisotopic (exact) mass is 200 g/mol. The Labute approximate surface area is 115 Å². The fraction of sp³-hybridized carbons (Fsp3) is 0.667. The topological polar surface area (TPSA) is 115 Å². The van der Waals surface area contributed by atoms with Gasteiger partial charge in [-0.05, 0) is 0 Å². The Kier molecular flexibility index (Phi) is 158. The maximum absolute atomic E-state index is 8.29. The van der Waals surface area contributed by atoms with Crippen LogP contribution in [0.5, 0.6) is 0 Å². The third-order valence-corrected chi connectivity index (χ3v) is 0.167. The van der Waals surface area contributed by atoms with Gasteiger partial charge in [0.1, 0.15) is 6.79 Å². The fourth-order valence-electron chi connectivity index (χ4n) is 0. The Balaban J connectivity index is -0.0000000158. The van der Waals surface area contributed by atoms with Crippen LogP contribution in [0.25, 0.3) is 0 Å². The Bertz CT molecular complexity index is 38.5. The summed E-state index contributed by atoms with van der Waals surface area (Å²) in [6.07, 6.45) is 0. The molecule has 0 aromatic carbocycles. The number of carbonyl (C=O) groups is 1. The molecule has 0 heterocycles. The summed E-state index contributed by atoms with van der Waals surface area (Å²) in [5.41, 5.74) is 9.81. The predicted molar refractivity (Wildman–Crippen MR) is 34.4 cm³/mol. The zero-order valence-corrected chi connectivity index (χ0v) is 11.7. The van der Waals surface area contributed by atoms with E-state index in [1.807, 2.05) is 6.79 Å². The van der Waals surface area contributed by atoms with Gasteiger partial charge in [0.2, 0.25) is 0 Å². The van der Waals surface area contributed by atoms with Gasteiger partial charge in [0, 0.05) is 13.1 Å². The SMILES string of the molecule is C=O.NCCN.[Na+].[Na+].[O-]S[O-]. The van der Waals surface area contributed by atoms with Crippen molar-refractivity contribution in [1.82, 2.24) is 0 Å².